The third-order valence-corrected chi connectivity index (χ3v) is 2.35. The fourth-order valence-corrected chi connectivity index (χ4v) is 1.38. The molecule has 0 bridgehead atoms. The summed E-state index contributed by atoms with van der Waals surface area (Å²) >= 11 is 5.74. The van der Waals surface area contributed by atoms with Crippen molar-refractivity contribution in [3.63, 3.8) is 0 Å². The molecule has 1 aromatic carbocycles. The summed E-state index contributed by atoms with van der Waals surface area (Å²) in [6.07, 6.45) is 1.13. The molecule has 0 atom stereocenters. The fraction of sp³-hybridized carbons (Fsp3) is 0.417. The first-order valence-corrected chi connectivity index (χ1v) is 5.95. The second-order valence-corrected chi connectivity index (χ2v) is 3.98. The average molecular weight is 257 g/mol. The normalized spacial score (nSPS) is 10.0. The molecule has 1 rings (SSSR count). The summed E-state index contributed by atoms with van der Waals surface area (Å²) in [5, 5.41) is 3.38. The van der Waals surface area contributed by atoms with Gasteiger partial charge in [0.2, 0.25) is 5.91 Å². The molecule has 3 N–H and O–H groups in total. The Hall–Kier alpha value is -1.26. The van der Waals surface area contributed by atoms with Gasteiger partial charge in [-0.3, -0.25) is 4.79 Å². The molecule has 0 saturated carbocycles. The highest BCUT2D eigenvalue weighted by atomic mass is 35.5. The van der Waals surface area contributed by atoms with E-state index >= 15 is 0 Å². The van der Waals surface area contributed by atoms with Crippen molar-refractivity contribution in [2.45, 2.75) is 12.8 Å². The van der Waals surface area contributed by atoms with Crippen LogP contribution in [0.1, 0.15) is 12.8 Å². The van der Waals surface area contributed by atoms with Gasteiger partial charge in [-0.2, -0.15) is 0 Å². The van der Waals surface area contributed by atoms with Crippen LogP contribution in [0.3, 0.4) is 0 Å². The molecule has 0 spiro atoms. The number of hydrogen-bond acceptors (Lipinski definition) is 3. The smallest absolute Gasteiger partial charge is 0.220 e. The molecule has 0 aliphatic rings. The number of amides is 1. The molecule has 0 aromatic heterocycles. The van der Waals surface area contributed by atoms with Gasteiger partial charge in [0.25, 0.3) is 0 Å². The zero-order valence-electron chi connectivity index (χ0n) is 9.62. The summed E-state index contributed by atoms with van der Waals surface area (Å²) in [5.74, 6) is 0.770. The summed E-state index contributed by atoms with van der Waals surface area (Å²) in [6.45, 7) is 1.50. The highest BCUT2D eigenvalue weighted by Crippen LogP contribution is 2.15. The van der Waals surface area contributed by atoms with Crippen LogP contribution in [0.2, 0.25) is 5.02 Å². The highest BCUT2D eigenvalue weighted by Gasteiger charge is 2.00. The zero-order valence-corrected chi connectivity index (χ0v) is 10.4. The lowest BCUT2D eigenvalue weighted by Crippen LogP contribution is -2.29. The van der Waals surface area contributed by atoms with Crippen molar-refractivity contribution in [2.75, 3.05) is 19.7 Å². The van der Waals surface area contributed by atoms with Crippen LogP contribution in [0.15, 0.2) is 24.3 Å². The van der Waals surface area contributed by atoms with Crippen molar-refractivity contribution >= 4 is 17.5 Å². The molecule has 0 aliphatic heterocycles. The molecule has 4 nitrogen and oxygen atoms in total. The van der Waals surface area contributed by atoms with Crippen LogP contribution in [0.4, 0.5) is 0 Å². The van der Waals surface area contributed by atoms with Gasteiger partial charge < -0.3 is 15.8 Å². The maximum absolute atomic E-state index is 11.2. The van der Waals surface area contributed by atoms with Crippen molar-refractivity contribution in [1.82, 2.24) is 5.32 Å². The van der Waals surface area contributed by atoms with Crippen LogP contribution in [-0.4, -0.2) is 25.6 Å². The first kappa shape index (κ1) is 13.8. The van der Waals surface area contributed by atoms with E-state index < -0.39 is 0 Å². The Kier molecular flexibility index (Phi) is 6.43. The minimum Gasteiger partial charge on any atom is -0.494 e. The van der Waals surface area contributed by atoms with Crippen LogP contribution >= 0.6 is 11.6 Å². The Bertz CT molecular complexity index is 341. The van der Waals surface area contributed by atoms with E-state index in [1.54, 1.807) is 24.3 Å². The van der Waals surface area contributed by atoms with Gasteiger partial charge in [-0.15, -0.1) is 0 Å². The minimum atomic E-state index is 0.00940. The molecule has 0 saturated heterocycles. The van der Waals surface area contributed by atoms with E-state index in [4.69, 9.17) is 22.1 Å². The monoisotopic (exact) mass is 256 g/mol. The number of ether oxygens (including phenoxy) is 1. The van der Waals surface area contributed by atoms with Crippen molar-refractivity contribution < 1.29 is 9.53 Å². The van der Waals surface area contributed by atoms with E-state index in [1.165, 1.54) is 0 Å². The third-order valence-electron chi connectivity index (χ3n) is 2.10. The Labute approximate surface area is 106 Å². The fourth-order valence-electron chi connectivity index (χ4n) is 1.25. The summed E-state index contributed by atoms with van der Waals surface area (Å²) in [6, 6.07) is 7.14. The lowest BCUT2D eigenvalue weighted by Gasteiger charge is -2.06. The van der Waals surface area contributed by atoms with Crippen molar-refractivity contribution in [2.24, 2.45) is 5.73 Å². The van der Waals surface area contributed by atoms with E-state index in [0.29, 0.717) is 37.6 Å². The number of halogens is 1. The van der Waals surface area contributed by atoms with Crippen molar-refractivity contribution in [3.8, 4) is 5.75 Å². The number of benzene rings is 1. The number of hydrogen-bond donors (Lipinski definition) is 2. The van der Waals surface area contributed by atoms with Crippen LogP contribution in [0.25, 0.3) is 0 Å². The number of rotatable bonds is 7. The van der Waals surface area contributed by atoms with Gasteiger partial charge in [0.15, 0.2) is 0 Å². The van der Waals surface area contributed by atoms with Gasteiger partial charge in [0.1, 0.15) is 5.75 Å². The standard InChI is InChI=1S/C12H17ClN2O2/c13-10-3-5-11(6-4-10)17-9-1-2-12(16)15-8-7-14/h3-6H,1-2,7-9,14H2,(H,15,16). The Morgan fingerprint density at radius 3 is 2.71 bits per heavy atom. The van der Waals surface area contributed by atoms with E-state index in [-0.39, 0.29) is 5.91 Å². The number of nitrogens with one attached hydrogen (secondary N) is 1. The maximum atomic E-state index is 11.2. The third kappa shape index (κ3) is 6.14. The Morgan fingerprint density at radius 1 is 1.35 bits per heavy atom. The first-order valence-electron chi connectivity index (χ1n) is 5.57. The average Bonchev–Trinajstić information content (AvgIpc) is 2.34. The number of carbonyl (C=O) groups excluding carboxylic acids is 1. The molecule has 0 unspecified atom stereocenters. The predicted molar refractivity (Wildman–Crippen MR) is 68.2 cm³/mol. The summed E-state index contributed by atoms with van der Waals surface area (Å²) in [7, 11) is 0. The van der Waals surface area contributed by atoms with Gasteiger partial charge in [0, 0.05) is 24.5 Å². The Balaban J connectivity index is 2.11. The molecule has 0 heterocycles. The topological polar surface area (TPSA) is 64.3 Å². The van der Waals surface area contributed by atoms with Gasteiger partial charge >= 0.3 is 0 Å². The summed E-state index contributed by atoms with van der Waals surface area (Å²) in [4.78, 5) is 11.2. The molecule has 94 valence electrons. The van der Waals surface area contributed by atoms with Crippen LogP contribution < -0.4 is 15.8 Å². The largest absolute Gasteiger partial charge is 0.494 e. The summed E-state index contributed by atoms with van der Waals surface area (Å²) in [5.41, 5.74) is 5.27. The first-order chi connectivity index (χ1) is 8.22. The van der Waals surface area contributed by atoms with E-state index in [1.807, 2.05) is 0 Å². The van der Waals surface area contributed by atoms with Gasteiger partial charge in [-0.25, -0.2) is 0 Å². The van der Waals surface area contributed by atoms with Crippen LogP contribution in [-0.2, 0) is 4.79 Å². The molecule has 0 radical (unpaired) electrons. The SMILES string of the molecule is NCCNC(=O)CCCOc1ccc(Cl)cc1. The van der Waals surface area contributed by atoms with Crippen LogP contribution in [0, 0.1) is 0 Å². The van der Waals surface area contributed by atoms with E-state index in [9.17, 15) is 4.79 Å². The second kappa shape index (κ2) is 7.92. The summed E-state index contributed by atoms with van der Waals surface area (Å²) < 4.78 is 5.45. The Morgan fingerprint density at radius 2 is 2.06 bits per heavy atom. The maximum Gasteiger partial charge on any atom is 0.220 e. The molecule has 0 aliphatic carbocycles. The van der Waals surface area contributed by atoms with E-state index in [2.05, 4.69) is 5.32 Å². The molecule has 5 heteroatoms. The zero-order chi connectivity index (χ0) is 12.5. The van der Waals surface area contributed by atoms with Gasteiger partial charge in [-0.1, -0.05) is 11.6 Å². The van der Waals surface area contributed by atoms with Crippen LogP contribution in [0.5, 0.6) is 5.75 Å². The van der Waals surface area contributed by atoms with Gasteiger partial charge in [-0.05, 0) is 30.7 Å². The van der Waals surface area contributed by atoms with Gasteiger partial charge in [0.05, 0.1) is 6.61 Å². The quantitative estimate of drug-likeness (QED) is 0.728. The van der Waals surface area contributed by atoms with E-state index in [0.717, 1.165) is 5.75 Å². The second-order valence-electron chi connectivity index (χ2n) is 3.54. The lowest BCUT2D eigenvalue weighted by molar-refractivity contribution is -0.121. The number of carbonyl (C=O) groups is 1. The van der Waals surface area contributed by atoms with Crippen molar-refractivity contribution in [1.29, 1.82) is 0 Å². The molecule has 1 aromatic rings. The molecular formula is C12H17ClN2O2. The lowest BCUT2D eigenvalue weighted by atomic mass is 10.3. The molecular weight excluding hydrogens is 240 g/mol. The van der Waals surface area contributed by atoms with Crippen molar-refractivity contribution in [3.05, 3.63) is 29.3 Å². The number of nitrogens with two attached hydrogens (primary N) is 1. The molecule has 0 fully saturated rings. The minimum absolute atomic E-state index is 0.00940. The molecule has 1 amide bonds. The predicted octanol–water partition coefficient (Wildman–Crippen LogP) is 1.57. The molecule has 17 heavy (non-hydrogen) atoms. The highest BCUT2D eigenvalue weighted by molar-refractivity contribution is 6.30.